The number of nitrogens with one attached hydrogen (secondary N) is 2. The number of amides is 4. The number of benzene rings is 1. The monoisotopic (exact) mass is 461 g/mol. The van der Waals surface area contributed by atoms with Gasteiger partial charge in [-0.05, 0) is 38.5 Å². The van der Waals surface area contributed by atoms with Crippen LogP contribution in [-0.4, -0.2) is 85.2 Å². The number of esters is 1. The van der Waals surface area contributed by atoms with Crippen LogP contribution >= 0.6 is 0 Å². The molecule has 0 spiro atoms. The predicted octanol–water partition coefficient (Wildman–Crippen LogP) is 2.07. The quantitative estimate of drug-likeness (QED) is 0.633. The second-order valence-electron chi connectivity index (χ2n) is 8.19. The number of urea groups is 2. The fraction of sp³-hybridized carbons (Fsp3) is 0.522. The minimum Gasteiger partial charge on any atom is -0.463 e. The van der Waals surface area contributed by atoms with Gasteiger partial charge in [0.15, 0.2) is 0 Å². The molecular weight excluding hydrogens is 429 g/mol. The molecule has 2 heterocycles. The molecule has 2 aliphatic rings. The van der Waals surface area contributed by atoms with Gasteiger partial charge in [-0.25, -0.2) is 18.8 Å². The van der Waals surface area contributed by atoms with Gasteiger partial charge in [0.2, 0.25) is 0 Å². The number of carbonyl (C=O) groups is 3. The number of nitrogens with zero attached hydrogens (tertiary/aromatic N) is 3. The maximum atomic E-state index is 13.9. The summed E-state index contributed by atoms with van der Waals surface area (Å²) in [5.74, 6) is -1.01. The van der Waals surface area contributed by atoms with Gasteiger partial charge < -0.3 is 20.3 Å². The van der Waals surface area contributed by atoms with E-state index in [1.54, 1.807) is 31.0 Å². The Morgan fingerprint density at radius 2 is 2.03 bits per heavy atom. The van der Waals surface area contributed by atoms with Crippen LogP contribution in [0.2, 0.25) is 0 Å². The Labute approximate surface area is 193 Å². The van der Waals surface area contributed by atoms with Crippen LogP contribution < -0.4 is 10.6 Å². The average molecular weight is 462 g/mol. The normalized spacial score (nSPS) is 21.7. The topological polar surface area (TPSA) is 94.2 Å². The largest absolute Gasteiger partial charge is 0.463 e. The zero-order valence-electron chi connectivity index (χ0n) is 19.6. The highest BCUT2D eigenvalue weighted by Gasteiger charge is 2.38. The van der Waals surface area contributed by atoms with E-state index in [4.69, 9.17) is 4.74 Å². The summed E-state index contributed by atoms with van der Waals surface area (Å²) in [6.45, 7) is 8.29. The van der Waals surface area contributed by atoms with E-state index in [0.29, 0.717) is 44.0 Å². The Hall–Kier alpha value is -3.14. The molecule has 0 aromatic heterocycles. The minimum atomic E-state index is -0.826. The van der Waals surface area contributed by atoms with Gasteiger partial charge in [0.1, 0.15) is 5.82 Å². The molecule has 4 amide bonds. The molecule has 0 bridgehead atoms. The van der Waals surface area contributed by atoms with Crippen molar-refractivity contribution in [3.63, 3.8) is 0 Å². The summed E-state index contributed by atoms with van der Waals surface area (Å²) in [5, 5.41) is 5.62. The molecule has 0 saturated carbocycles. The van der Waals surface area contributed by atoms with Gasteiger partial charge in [0.05, 0.1) is 18.2 Å². The summed E-state index contributed by atoms with van der Waals surface area (Å²) >= 11 is 0. The number of piperazine rings is 1. The fourth-order valence-corrected chi connectivity index (χ4v) is 4.28. The van der Waals surface area contributed by atoms with Crippen molar-refractivity contribution < 1.29 is 23.5 Å². The van der Waals surface area contributed by atoms with Crippen molar-refractivity contribution in [3.05, 3.63) is 46.9 Å². The lowest BCUT2D eigenvalue weighted by molar-refractivity contribution is -0.139. The number of rotatable bonds is 6. The number of carbonyl (C=O) groups excluding carboxylic acids is 3. The van der Waals surface area contributed by atoms with Gasteiger partial charge in [-0.2, -0.15) is 0 Å². The second kappa shape index (κ2) is 10.7. The first kappa shape index (κ1) is 24.5. The Morgan fingerprint density at radius 1 is 1.27 bits per heavy atom. The van der Waals surface area contributed by atoms with E-state index in [2.05, 4.69) is 15.5 Å². The van der Waals surface area contributed by atoms with Crippen molar-refractivity contribution in [3.8, 4) is 0 Å². The summed E-state index contributed by atoms with van der Waals surface area (Å²) in [6.07, 6.45) is 0. The van der Waals surface area contributed by atoms with Crippen LogP contribution in [0.25, 0.3) is 0 Å². The van der Waals surface area contributed by atoms with E-state index >= 15 is 0 Å². The first-order valence-corrected chi connectivity index (χ1v) is 11.2. The molecule has 9 nitrogen and oxygen atoms in total. The van der Waals surface area contributed by atoms with Gasteiger partial charge in [-0.3, -0.25) is 9.80 Å². The van der Waals surface area contributed by atoms with Gasteiger partial charge in [-0.1, -0.05) is 12.1 Å². The van der Waals surface area contributed by atoms with Crippen LogP contribution in [0.3, 0.4) is 0 Å². The van der Waals surface area contributed by atoms with E-state index in [1.165, 1.54) is 17.0 Å². The lowest BCUT2D eigenvalue weighted by atomic mass is 9.94. The third-order valence-electron chi connectivity index (χ3n) is 5.93. The van der Waals surface area contributed by atoms with Crippen LogP contribution in [0.15, 0.2) is 35.5 Å². The smallest absolute Gasteiger partial charge is 0.338 e. The maximum absolute atomic E-state index is 13.9. The Balaban J connectivity index is 1.93. The van der Waals surface area contributed by atoms with E-state index in [0.717, 1.165) is 0 Å². The van der Waals surface area contributed by atoms with E-state index in [9.17, 15) is 18.8 Å². The van der Waals surface area contributed by atoms with Crippen LogP contribution in [0, 0.1) is 5.82 Å². The molecule has 1 fully saturated rings. The highest BCUT2D eigenvalue weighted by atomic mass is 19.1. The van der Waals surface area contributed by atoms with Crippen molar-refractivity contribution in [1.82, 2.24) is 25.3 Å². The van der Waals surface area contributed by atoms with Crippen LogP contribution in [0.5, 0.6) is 0 Å². The lowest BCUT2D eigenvalue weighted by Crippen LogP contribution is -2.57. The summed E-state index contributed by atoms with van der Waals surface area (Å²) in [7, 11) is 1.60. The molecule has 0 aliphatic carbocycles. The highest BCUT2D eigenvalue weighted by molar-refractivity contribution is 5.95. The van der Waals surface area contributed by atoms with E-state index in [-0.39, 0.29) is 30.3 Å². The number of ether oxygens (including phenoxy) is 1. The van der Waals surface area contributed by atoms with Gasteiger partial charge in [0.25, 0.3) is 0 Å². The van der Waals surface area contributed by atoms with Gasteiger partial charge in [0, 0.05) is 51.5 Å². The van der Waals surface area contributed by atoms with Crippen molar-refractivity contribution in [2.75, 3.05) is 46.4 Å². The molecule has 3 rings (SSSR count). The molecule has 180 valence electrons. The standard InChI is InChI=1S/C23H32FN5O4/c1-5-25-22(31)29-11-10-28(13-15(29)3)14-18-19(21(30)33-6-2)20(26-23(32)27(18)4)16-8-7-9-17(24)12-16/h7-9,12,15,20H,5-6,10-11,13-14H2,1-4H3,(H,25,31)(H,26,32)/t15-,20+/m1/s1. The van der Waals surface area contributed by atoms with Gasteiger partial charge >= 0.3 is 18.0 Å². The summed E-state index contributed by atoms with van der Waals surface area (Å²) < 4.78 is 19.3. The first-order chi connectivity index (χ1) is 15.8. The number of likely N-dealkylation sites (N-methyl/N-ethyl adjacent to an activating group) is 1. The molecule has 1 aromatic carbocycles. The number of halogens is 1. The molecule has 2 atom stereocenters. The van der Waals surface area contributed by atoms with Crippen LogP contribution in [0.4, 0.5) is 14.0 Å². The Bertz CT molecular complexity index is 937. The third kappa shape index (κ3) is 5.44. The molecule has 0 unspecified atom stereocenters. The molecule has 33 heavy (non-hydrogen) atoms. The first-order valence-electron chi connectivity index (χ1n) is 11.2. The van der Waals surface area contributed by atoms with E-state index < -0.39 is 17.8 Å². The number of hydrogen-bond acceptors (Lipinski definition) is 5. The zero-order chi connectivity index (χ0) is 24.1. The van der Waals surface area contributed by atoms with Gasteiger partial charge in [-0.15, -0.1) is 0 Å². The summed E-state index contributed by atoms with van der Waals surface area (Å²) in [5.41, 5.74) is 1.25. The van der Waals surface area contributed by atoms with Crippen molar-refractivity contribution in [2.45, 2.75) is 32.9 Å². The van der Waals surface area contributed by atoms with Crippen molar-refractivity contribution >= 4 is 18.0 Å². The van der Waals surface area contributed by atoms with E-state index in [1.807, 2.05) is 13.8 Å². The highest BCUT2D eigenvalue weighted by Crippen LogP contribution is 2.32. The second-order valence-corrected chi connectivity index (χ2v) is 8.19. The zero-order valence-corrected chi connectivity index (χ0v) is 19.6. The predicted molar refractivity (Wildman–Crippen MR) is 121 cm³/mol. The van der Waals surface area contributed by atoms with Crippen molar-refractivity contribution in [1.29, 1.82) is 0 Å². The molecule has 10 heteroatoms. The SMILES string of the molecule is CCNC(=O)N1CCN(CC2=C(C(=O)OCC)[C@H](c3cccc(F)c3)NC(=O)N2C)C[C@H]1C. The lowest BCUT2D eigenvalue weighted by Gasteiger charge is -2.42. The maximum Gasteiger partial charge on any atom is 0.338 e. The number of hydrogen-bond donors (Lipinski definition) is 2. The molecule has 2 N–H and O–H groups in total. The minimum absolute atomic E-state index is 0.0429. The average Bonchev–Trinajstić information content (AvgIpc) is 2.77. The molecule has 2 aliphatic heterocycles. The third-order valence-corrected chi connectivity index (χ3v) is 5.93. The molecule has 0 radical (unpaired) electrons. The fourth-order valence-electron chi connectivity index (χ4n) is 4.28. The van der Waals surface area contributed by atoms with Crippen LogP contribution in [-0.2, 0) is 9.53 Å². The van der Waals surface area contributed by atoms with Crippen LogP contribution in [0.1, 0.15) is 32.4 Å². The Kier molecular flexibility index (Phi) is 7.91. The summed E-state index contributed by atoms with van der Waals surface area (Å²) in [4.78, 5) is 43.4. The molecule has 1 saturated heterocycles. The molecular formula is C23H32FN5O4. The summed E-state index contributed by atoms with van der Waals surface area (Å²) in [6, 6.07) is 4.47. The van der Waals surface area contributed by atoms with Crippen molar-refractivity contribution in [2.24, 2.45) is 0 Å². The Morgan fingerprint density at radius 3 is 2.67 bits per heavy atom. The molecule has 1 aromatic rings.